The average Bonchev–Trinajstić information content (AvgIpc) is 2.70. The first-order valence-electron chi connectivity index (χ1n) is 9.49. The van der Waals surface area contributed by atoms with Gasteiger partial charge < -0.3 is 5.11 Å². The van der Waals surface area contributed by atoms with Gasteiger partial charge in [0.05, 0.1) is 24.4 Å². The van der Waals surface area contributed by atoms with E-state index in [1.54, 1.807) is 4.57 Å². The minimum absolute atomic E-state index is 0.0354. The zero-order valence-corrected chi connectivity index (χ0v) is 15.8. The molecule has 1 aromatic heterocycles. The van der Waals surface area contributed by atoms with Crippen LogP contribution in [-0.2, 0) is 18.4 Å². The summed E-state index contributed by atoms with van der Waals surface area (Å²) in [5.41, 5.74) is 4.43. The van der Waals surface area contributed by atoms with Crippen molar-refractivity contribution < 1.29 is 5.11 Å². The number of nitrogens with zero attached hydrogens (tertiary/aromatic N) is 2. The Hall–Kier alpha value is -2.72. The second-order valence-corrected chi connectivity index (χ2v) is 7.45. The summed E-state index contributed by atoms with van der Waals surface area (Å²) in [6.07, 6.45) is 1.68. The third-order valence-electron chi connectivity index (χ3n) is 5.76. The average molecular weight is 360 g/mol. The lowest BCUT2D eigenvalue weighted by Crippen LogP contribution is -2.40. The van der Waals surface area contributed by atoms with E-state index in [2.05, 4.69) is 26.0 Å². The minimum atomic E-state index is -0.264. The Morgan fingerprint density at radius 1 is 1.11 bits per heavy atom. The molecule has 1 atom stereocenters. The number of hydrogen-bond acceptors (Lipinski definition) is 3. The van der Waals surface area contributed by atoms with Gasteiger partial charge in [0.25, 0.3) is 5.56 Å². The summed E-state index contributed by atoms with van der Waals surface area (Å²) in [5, 5.41) is 9.58. The van der Waals surface area contributed by atoms with Crippen molar-refractivity contribution in [2.75, 3.05) is 6.61 Å². The van der Waals surface area contributed by atoms with E-state index in [0.717, 1.165) is 35.2 Å². The molecule has 1 aliphatic carbocycles. The molecule has 0 radical (unpaired) electrons. The lowest BCUT2D eigenvalue weighted by Gasteiger charge is -2.36. The van der Waals surface area contributed by atoms with Gasteiger partial charge in [0.15, 0.2) is 0 Å². The van der Waals surface area contributed by atoms with Crippen molar-refractivity contribution >= 4 is 0 Å². The molecule has 1 aliphatic rings. The predicted octanol–water partition coefficient (Wildman–Crippen LogP) is 3.79. The molecule has 4 rings (SSSR count). The van der Waals surface area contributed by atoms with Crippen molar-refractivity contribution in [2.45, 2.75) is 38.6 Å². The van der Waals surface area contributed by atoms with Crippen LogP contribution in [0.1, 0.15) is 31.4 Å². The van der Waals surface area contributed by atoms with Crippen molar-refractivity contribution in [3.05, 3.63) is 76.1 Å². The molecule has 4 nitrogen and oxygen atoms in total. The predicted molar refractivity (Wildman–Crippen MR) is 108 cm³/mol. The van der Waals surface area contributed by atoms with Crippen LogP contribution in [0.2, 0.25) is 0 Å². The molecule has 0 spiro atoms. The SMILES string of the molecule is CC[C@]1(C)Cc2ccccc2-c2nc(-c3ccccc3)n(CCO)c(=O)c21. The quantitative estimate of drug-likeness (QED) is 0.770. The van der Waals surface area contributed by atoms with Crippen LogP contribution in [-0.4, -0.2) is 21.3 Å². The molecule has 1 heterocycles. The van der Waals surface area contributed by atoms with E-state index in [4.69, 9.17) is 4.98 Å². The lowest BCUT2D eigenvalue weighted by molar-refractivity contribution is 0.273. The Kier molecular flexibility index (Phi) is 4.44. The van der Waals surface area contributed by atoms with Gasteiger partial charge in [-0.25, -0.2) is 4.98 Å². The van der Waals surface area contributed by atoms with Gasteiger partial charge in [0.1, 0.15) is 5.82 Å². The van der Waals surface area contributed by atoms with Crippen molar-refractivity contribution in [2.24, 2.45) is 0 Å². The highest BCUT2D eigenvalue weighted by atomic mass is 16.3. The maximum absolute atomic E-state index is 13.6. The first kappa shape index (κ1) is 17.7. The summed E-state index contributed by atoms with van der Waals surface area (Å²) in [7, 11) is 0. The molecule has 0 fully saturated rings. The van der Waals surface area contributed by atoms with Gasteiger partial charge in [-0.15, -0.1) is 0 Å². The molecule has 0 saturated heterocycles. The highest BCUT2D eigenvalue weighted by Gasteiger charge is 2.38. The summed E-state index contributed by atoms with van der Waals surface area (Å²) in [6.45, 7) is 4.42. The lowest BCUT2D eigenvalue weighted by atomic mass is 9.69. The van der Waals surface area contributed by atoms with Gasteiger partial charge in [-0.2, -0.15) is 0 Å². The third-order valence-corrected chi connectivity index (χ3v) is 5.76. The Morgan fingerprint density at radius 3 is 2.52 bits per heavy atom. The molecule has 4 heteroatoms. The summed E-state index contributed by atoms with van der Waals surface area (Å²) in [4.78, 5) is 18.6. The fraction of sp³-hybridized carbons (Fsp3) is 0.304. The molecule has 138 valence electrons. The maximum atomic E-state index is 13.6. The number of fused-ring (bicyclic) bond motifs is 3. The number of aliphatic hydroxyl groups excluding tert-OH is 1. The van der Waals surface area contributed by atoms with Crippen LogP contribution in [0.25, 0.3) is 22.6 Å². The van der Waals surface area contributed by atoms with Crippen LogP contribution in [0.3, 0.4) is 0 Å². The second-order valence-electron chi connectivity index (χ2n) is 7.45. The highest BCUT2D eigenvalue weighted by Crippen LogP contribution is 2.42. The molecule has 0 bridgehead atoms. The Balaban J connectivity index is 2.10. The summed E-state index contributed by atoms with van der Waals surface area (Å²) in [6, 6.07) is 18.0. The van der Waals surface area contributed by atoms with Crippen molar-refractivity contribution in [3.8, 4) is 22.6 Å². The Bertz CT molecular complexity index is 1040. The molecule has 0 amide bonds. The summed E-state index contributed by atoms with van der Waals surface area (Å²) in [5.74, 6) is 0.614. The van der Waals surface area contributed by atoms with E-state index in [1.807, 2.05) is 42.5 Å². The van der Waals surface area contributed by atoms with E-state index < -0.39 is 0 Å². The van der Waals surface area contributed by atoms with Gasteiger partial charge in [-0.3, -0.25) is 9.36 Å². The van der Waals surface area contributed by atoms with Crippen LogP contribution in [0.15, 0.2) is 59.4 Å². The first-order chi connectivity index (χ1) is 13.1. The van der Waals surface area contributed by atoms with E-state index in [9.17, 15) is 9.90 Å². The topological polar surface area (TPSA) is 55.1 Å². The van der Waals surface area contributed by atoms with E-state index in [1.165, 1.54) is 5.56 Å². The molecule has 1 N–H and O–H groups in total. The van der Waals surface area contributed by atoms with Crippen molar-refractivity contribution in [1.29, 1.82) is 0 Å². The molecular weight excluding hydrogens is 336 g/mol. The van der Waals surface area contributed by atoms with Gasteiger partial charge in [-0.1, -0.05) is 68.4 Å². The fourth-order valence-electron chi connectivity index (χ4n) is 4.12. The van der Waals surface area contributed by atoms with E-state index in [-0.39, 0.29) is 24.1 Å². The van der Waals surface area contributed by atoms with Crippen LogP contribution in [0.5, 0.6) is 0 Å². The monoisotopic (exact) mass is 360 g/mol. The summed E-state index contributed by atoms with van der Waals surface area (Å²) >= 11 is 0. The smallest absolute Gasteiger partial charge is 0.258 e. The fourth-order valence-corrected chi connectivity index (χ4v) is 4.12. The number of rotatable bonds is 4. The minimum Gasteiger partial charge on any atom is -0.395 e. The third kappa shape index (κ3) is 2.81. The molecule has 2 aromatic carbocycles. The molecular formula is C23H24N2O2. The van der Waals surface area contributed by atoms with Crippen LogP contribution in [0.4, 0.5) is 0 Å². The highest BCUT2D eigenvalue weighted by molar-refractivity contribution is 5.73. The van der Waals surface area contributed by atoms with E-state index >= 15 is 0 Å². The molecule has 0 unspecified atom stereocenters. The Labute approximate surface area is 159 Å². The van der Waals surface area contributed by atoms with Crippen molar-refractivity contribution in [3.63, 3.8) is 0 Å². The first-order valence-corrected chi connectivity index (χ1v) is 9.49. The number of benzene rings is 2. The van der Waals surface area contributed by atoms with Crippen LogP contribution in [0, 0.1) is 0 Å². The van der Waals surface area contributed by atoms with Gasteiger partial charge >= 0.3 is 0 Å². The van der Waals surface area contributed by atoms with Crippen LogP contribution >= 0.6 is 0 Å². The Morgan fingerprint density at radius 2 is 1.81 bits per heavy atom. The number of aliphatic hydroxyl groups is 1. The van der Waals surface area contributed by atoms with Gasteiger partial charge in [0, 0.05) is 16.5 Å². The van der Waals surface area contributed by atoms with E-state index in [0.29, 0.717) is 5.82 Å². The van der Waals surface area contributed by atoms with Gasteiger partial charge in [-0.05, 0) is 18.4 Å². The number of aromatic nitrogens is 2. The zero-order valence-electron chi connectivity index (χ0n) is 15.8. The number of hydrogen-bond donors (Lipinski definition) is 1. The summed E-state index contributed by atoms with van der Waals surface area (Å²) < 4.78 is 1.63. The zero-order chi connectivity index (χ0) is 19.0. The van der Waals surface area contributed by atoms with Crippen LogP contribution < -0.4 is 5.56 Å². The molecule has 3 aromatic rings. The molecule has 0 saturated carbocycles. The normalized spacial score (nSPS) is 18.0. The second kappa shape index (κ2) is 6.78. The maximum Gasteiger partial charge on any atom is 0.258 e. The standard InChI is InChI=1S/C23H24N2O2/c1-3-23(2)15-17-11-7-8-12-18(17)20-19(23)22(27)25(13-14-26)21(24-20)16-9-5-4-6-10-16/h4-12,26H,3,13-15H2,1-2H3/t23-/m1/s1. The molecule has 27 heavy (non-hydrogen) atoms. The molecule has 0 aliphatic heterocycles. The van der Waals surface area contributed by atoms with Gasteiger partial charge in [0.2, 0.25) is 0 Å². The van der Waals surface area contributed by atoms with Crippen molar-refractivity contribution in [1.82, 2.24) is 9.55 Å². The largest absolute Gasteiger partial charge is 0.395 e.